The van der Waals surface area contributed by atoms with Gasteiger partial charge in [-0.2, -0.15) is 0 Å². The molecule has 0 aliphatic carbocycles. The molecular weight excluding hydrogens is 208 g/mol. The highest BCUT2D eigenvalue weighted by atomic mass is 16.8. The van der Waals surface area contributed by atoms with Gasteiger partial charge in [0.15, 0.2) is 0 Å². The SMILES string of the molecule is CCOC(=O)C1(c2ccccc2)OCCO1. The number of hydrogen-bond donors (Lipinski definition) is 0. The molecule has 0 radical (unpaired) electrons. The molecule has 0 unspecified atom stereocenters. The molecule has 2 rings (SSSR count). The smallest absolute Gasteiger partial charge is 0.372 e. The summed E-state index contributed by atoms with van der Waals surface area (Å²) in [6.07, 6.45) is 0. The minimum Gasteiger partial charge on any atom is -0.462 e. The first-order valence-corrected chi connectivity index (χ1v) is 5.30. The van der Waals surface area contributed by atoms with Gasteiger partial charge < -0.3 is 14.2 Å². The van der Waals surface area contributed by atoms with Crippen molar-refractivity contribution in [2.75, 3.05) is 19.8 Å². The van der Waals surface area contributed by atoms with Crippen LogP contribution in [-0.4, -0.2) is 25.8 Å². The monoisotopic (exact) mass is 222 g/mol. The Morgan fingerprint density at radius 2 is 1.94 bits per heavy atom. The van der Waals surface area contributed by atoms with Crippen LogP contribution in [0.15, 0.2) is 30.3 Å². The summed E-state index contributed by atoms with van der Waals surface area (Å²) in [6, 6.07) is 9.13. The van der Waals surface area contributed by atoms with E-state index in [0.29, 0.717) is 25.4 Å². The molecule has 0 amide bonds. The third kappa shape index (κ3) is 1.81. The summed E-state index contributed by atoms with van der Waals surface area (Å²) >= 11 is 0. The molecule has 1 fully saturated rings. The summed E-state index contributed by atoms with van der Waals surface area (Å²) in [7, 11) is 0. The molecule has 1 aliphatic rings. The van der Waals surface area contributed by atoms with E-state index in [-0.39, 0.29) is 0 Å². The van der Waals surface area contributed by atoms with Gasteiger partial charge in [0, 0.05) is 5.56 Å². The van der Waals surface area contributed by atoms with Crippen molar-refractivity contribution >= 4 is 5.97 Å². The number of carbonyl (C=O) groups is 1. The number of ether oxygens (including phenoxy) is 3. The summed E-state index contributed by atoms with van der Waals surface area (Å²) in [5, 5.41) is 0. The highest BCUT2D eigenvalue weighted by molar-refractivity contribution is 5.80. The summed E-state index contributed by atoms with van der Waals surface area (Å²) < 4.78 is 15.9. The fraction of sp³-hybridized carbons (Fsp3) is 0.417. The summed E-state index contributed by atoms with van der Waals surface area (Å²) in [5.41, 5.74) is 0.672. The maximum absolute atomic E-state index is 11.9. The first kappa shape index (κ1) is 11.1. The van der Waals surface area contributed by atoms with Gasteiger partial charge in [0.25, 0.3) is 5.79 Å². The first-order chi connectivity index (χ1) is 7.79. The largest absolute Gasteiger partial charge is 0.462 e. The molecule has 1 aromatic carbocycles. The van der Waals surface area contributed by atoms with Crippen molar-refractivity contribution in [1.29, 1.82) is 0 Å². The maximum atomic E-state index is 11.9. The summed E-state index contributed by atoms with van der Waals surface area (Å²) in [6.45, 7) is 2.85. The second kappa shape index (κ2) is 4.63. The standard InChI is InChI=1S/C12H14O4/c1-2-14-11(13)12(15-8-9-16-12)10-6-4-3-5-7-10/h3-7H,2,8-9H2,1H3. The van der Waals surface area contributed by atoms with Gasteiger partial charge in [-0.15, -0.1) is 0 Å². The average molecular weight is 222 g/mol. The number of esters is 1. The van der Waals surface area contributed by atoms with Gasteiger partial charge in [0.2, 0.25) is 0 Å². The van der Waals surface area contributed by atoms with E-state index in [1.54, 1.807) is 19.1 Å². The van der Waals surface area contributed by atoms with E-state index in [4.69, 9.17) is 14.2 Å². The van der Waals surface area contributed by atoms with Crippen LogP contribution in [0.25, 0.3) is 0 Å². The van der Waals surface area contributed by atoms with Crippen molar-refractivity contribution in [3.05, 3.63) is 35.9 Å². The third-order valence-electron chi connectivity index (χ3n) is 2.39. The zero-order chi connectivity index (χ0) is 11.4. The van der Waals surface area contributed by atoms with E-state index in [2.05, 4.69) is 0 Å². The van der Waals surface area contributed by atoms with Crippen molar-refractivity contribution < 1.29 is 19.0 Å². The molecule has 1 aliphatic heterocycles. The lowest BCUT2D eigenvalue weighted by atomic mass is 10.1. The van der Waals surface area contributed by atoms with Crippen LogP contribution in [0.4, 0.5) is 0 Å². The quantitative estimate of drug-likeness (QED) is 0.726. The number of rotatable bonds is 3. The van der Waals surface area contributed by atoms with Crippen molar-refractivity contribution in [3.63, 3.8) is 0 Å². The van der Waals surface area contributed by atoms with E-state index >= 15 is 0 Å². The third-order valence-corrected chi connectivity index (χ3v) is 2.39. The Hall–Kier alpha value is -1.39. The van der Waals surface area contributed by atoms with Crippen LogP contribution in [0.2, 0.25) is 0 Å². The number of hydrogen-bond acceptors (Lipinski definition) is 4. The molecule has 0 bridgehead atoms. The normalized spacial score (nSPS) is 18.3. The Balaban J connectivity index is 2.32. The first-order valence-electron chi connectivity index (χ1n) is 5.30. The van der Waals surface area contributed by atoms with Gasteiger partial charge in [-0.25, -0.2) is 4.79 Å². The van der Waals surface area contributed by atoms with Gasteiger partial charge >= 0.3 is 5.97 Å². The topological polar surface area (TPSA) is 44.8 Å². The Bertz CT molecular complexity index is 355. The minimum atomic E-state index is -1.36. The van der Waals surface area contributed by atoms with Gasteiger partial charge in [0.05, 0.1) is 19.8 Å². The van der Waals surface area contributed by atoms with Gasteiger partial charge in [0.1, 0.15) is 0 Å². The second-order valence-corrected chi connectivity index (χ2v) is 3.40. The van der Waals surface area contributed by atoms with E-state index in [0.717, 1.165) is 0 Å². The van der Waals surface area contributed by atoms with Crippen molar-refractivity contribution in [2.45, 2.75) is 12.7 Å². The van der Waals surface area contributed by atoms with Gasteiger partial charge in [-0.3, -0.25) is 0 Å². The molecule has 0 saturated carbocycles. The molecule has 1 aromatic rings. The predicted octanol–water partition coefficient (Wildman–Crippen LogP) is 1.45. The van der Waals surface area contributed by atoms with Crippen molar-refractivity contribution in [3.8, 4) is 0 Å². The Morgan fingerprint density at radius 1 is 1.31 bits per heavy atom. The molecule has 0 atom stereocenters. The highest BCUT2D eigenvalue weighted by Crippen LogP contribution is 2.32. The van der Waals surface area contributed by atoms with Crippen LogP contribution in [0, 0.1) is 0 Å². The van der Waals surface area contributed by atoms with Crippen LogP contribution < -0.4 is 0 Å². The molecule has 1 heterocycles. The molecule has 86 valence electrons. The van der Waals surface area contributed by atoms with Crippen LogP contribution >= 0.6 is 0 Å². The molecule has 0 aromatic heterocycles. The molecule has 4 nitrogen and oxygen atoms in total. The maximum Gasteiger partial charge on any atom is 0.372 e. The molecule has 1 saturated heterocycles. The number of carbonyl (C=O) groups excluding carboxylic acids is 1. The lowest BCUT2D eigenvalue weighted by Crippen LogP contribution is -2.38. The zero-order valence-electron chi connectivity index (χ0n) is 9.14. The van der Waals surface area contributed by atoms with Crippen LogP contribution in [-0.2, 0) is 24.8 Å². The van der Waals surface area contributed by atoms with Crippen molar-refractivity contribution in [2.24, 2.45) is 0 Å². The van der Waals surface area contributed by atoms with Gasteiger partial charge in [-0.1, -0.05) is 30.3 Å². The second-order valence-electron chi connectivity index (χ2n) is 3.40. The summed E-state index contributed by atoms with van der Waals surface area (Å²) in [5.74, 6) is -1.85. The molecule has 0 N–H and O–H groups in total. The minimum absolute atomic E-state index is 0.306. The Kier molecular flexibility index (Phi) is 3.22. The highest BCUT2D eigenvalue weighted by Gasteiger charge is 2.47. The lowest BCUT2D eigenvalue weighted by Gasteiger charge is -2.24. The van der Waals surface area contributed by atoms with Crippen LogP contribution in [0.5, 0.6) is 0 Å². The fourth-order valence-corrected chi connectivity index (χ4v) is 1.70. The van der Waals surface area contributed by atoms with E-state index in [9.17, 15) is 4.79 Å². The molecule has 4 heteroatoms. The molecule has 16 heavy (non-hydrogen) atoms. The summed E-state index contributed by atoms with van der Waals surface area (Å²) in [4.78, 5) is 11.9. The number of benzene rings is 1. The van der Waals surface area contributed by atoms with E-state index in [1.807, 2.05) is 18.2 Å². The fourth-order valence-electron chi connectivity index (χ4n) is 1.70. The zero-order valence-corrected chi connectivity index (χ0v) is 9.14. The van der Waals surface area contributed by atoms with E-state index < -0.39 is 11.8 Å². The van der Waals surface area contributed by atoms with Gasteiger partial charge in [-0.05, 0) is 6.92 Å². The lowest BCUT2D eigenvalue weighted by molar-refractivity contribution is -0.211. The predicted molar refractivity (Wildman–Crippen MR) is 56.7 cm³/mol. The Morgan fingerprint density at radius 3 is 2.50 bits per heavy atom. The molecule has 0 spiro atoms. The van der Waals surface area contributed by atoms with Crippen molar-refractivity contribution in [1.82, 2.24) is 0 Å². The average Bonchev–Trinajstić information content (AvgIpc) is 2.81. The molecular formula is C12H14O4. The van der Waals surface area contributed by atoms with E-state index in [1.165, 1.54) is 0 Å². The van der Waals surface area contributed by atoms with Crippen LogP contribution in [0.1, 0.15) is 12.5 Å². The Labute approximate surface area is 94.1 Å². The van der Waals surface area contributed by atoms with Crippen LogP contribution in [0.3, 0.4) is 0 Å².